The molecule has 2 heterocycles. The molecule has 1 N–H and O–H groups in total. The van der Waals surface area contributed by atoms with Crippen LogP contribution in [0.15, 0.2) is 18.2 Å². The third-order valence-corrected chi connectivity index (χ3v) is 6.69. The number of fused-ring (bicyclic) bond motifs is 2. The Morgan fingerprint density at radius 1 is 1.21 bits per heavy atom. The highest BCUT2D eigenvalue weighted by Gasteiger charge is 2.43. The van der Waals surface area contributed by atoms with Crippen LogP contribution in [0.4, 0.5) is 0 Å². The Bertz CT molecular complexity index is 667. The number of benzene rings is 1. The third-order valence-electron chi connectivity index (χ3n) is 6.69. The number of hydrogen-bond acceptors (Lipinski definition) is 4. The molecule has 0 radical (unpaired) electrons. The van der Waals surface area contributed by atoms with E-state index in [1.54, 1.807) is 0 Å². The maximum Gasteiger partial charge on any atom is 0.304 e. The van der Waals surface area contributed by atoms with Gasteiger partial charge in [0.1, 0.15) is 11.5 Å². The lowest BCUT2D eigenvalue weighted by molar-refractivity contribution is -0.137. The molecular weight excluding hydrogens is 378 g/mol. The molecule has 1 aliphatic carbocycles. The van der Waals surface area contributed by atoms with Gasteiger partial charge in [0.25, 0.3) is 0 Å². The Kier molecular flexibility index (Phi) is 7.10. The van der Waals surface area contributed by atoms with Crippen molar-refractivity contribution in [3.8, 4) is 11.5 Å². The van der Waals surface area contributed by atoms with Crippen LogP contribution in [-0.4, -0.2) is 48.8 Å². The Morgan fingerprint density at radius 3 is 2.68 bits per heavy atom. The van der Waals surface area contributed by atoms with E-state index in [4.69, 9.17) is 14.6 Å². The maximum absolute atomic E-state index is 10.8. The maximum atomic E-state index is 10.8. The van der Waals surface area contributed by atoms with Crippen molar-refractivity contribution in [2.45, 2.75) is 56.8 Å². The Hall–Kier alpha value is -1.46. The number of halogens is 1. The highest BCUT2D eigenvalue weighted by atomic mass is 35.5. The predicted molar refractivity (Wildman–Crippen MR) is 111 cm³/mol. The van der Waals surface area contributed by atoms with Crippen LogP contribution in [0.1, 0.15) is 56.9 Å². The number of hydrogen-bond donors (Lipinski definition) is 1. The fourth-order valence-electron chi connectivity index (χ4n) is 4.88. The summed E-state index contributed by atoms with van der Waals surface area (Å²) in [7, 11) is 0. The summed E-state index contributed by atoms with van der Waals surface area (Å²) < 4.78 is 12.1. The molecule has 2 fully saturated rings. The zero-order chi connectivity index (χ0) is 18.7. The number of carboxylic acid groups (broad SMARTS) is 1. The van der Waals surface area contributed by atoms with E-state index in [2.05, 4.69) is 23.1 Å². The van der Waals surface area contributed by atoms with E-state index in [9.17, 15) is 4.79 Å². The normalized spacial score (nSPS) is 21.6. The molecule has 6 heteroatoms. The van der Waals surface area contributed by atoms with Gasteiger partial charge in [0.15, 0.2) is 0 Å². The summed E-state index contributed by atoms with van der Waals surface area (Å²) in [5.41, 5.74) is 1.40. The first-order chi connectivity index (χ1) is 13.1. The molecule has 1 saturated carbocycles. The van der Waals surface area contributed by atoms with Crippen LogP contribution in [0.3, 0.4) is 0 Å². The molecule has 2 aliphatic heterocycles. The first-order valence-electron chi connectivity index (χ1n) is 10.5. The van der Waals surface area contributed by atoms with Crippen LogP contribution >= 0.6 is 12.4 Å². The van der Waals surface area contributed by atoms with E-state index in [0.717, 1.165) is 50.6 Å². The average Bonchev–Trinajstić information content (AvgIpc) is 3.04. The first-order valence-corrected chi connectivity index (χ1v) is 10.5. The number of carboxylic acids is 1. The molecule has 4 rings (SSSR count). The monoisotopic (exact) mass is 409 g/mol. The van der Waals surface area contributed by atoms with Gasteiger partial charge in [-0.3, -0.25) is 4.79 Å². The van der Waals surface area contributed by atoms with E-state index < -0.39 is 5.97 Å². The molecule has 0 atom stereocenters. The minimum atomic E-state index is -0.717. The standard InChI is InChI=1S/C22H31NO4.ClH/c24-21(25)8-11-23-12-9-22(10-13-23)16-27-20-14-18(6-7-19(20)22)26-15-17-4-2-1-3-5-17;/h6-7,14,17H,1-5,8-13,15-16H2,(H,24,25);1H. The van der Waals surface area contributed by atoms with E-state index in [1.165, 1.54) is 37.7 Å². The fraction of sp³-hybridized carbons (Fsp3) is 0.682. The average molecular weight is 410 g/mol. The highest BCUT2D eigenvalue weighted by Crippen LogP contribution is 2.46. The van der Waals surface area contributed by atoms with Gasteiger partial charge in [0, 0.05) is 23.6 Å². The Morgan fingerprint density at radius 2 is 1.96 bits per heavy atom. The third kappa shape index (κ3) is 4.74. The van der Waals surface area contributed by atoms with E-state index in [-0.39, 0.29) is 24.2 Å². The second kappa shape index (κ2) is 9.36. The molecule has 1 spiro atoms. The molecule has 156 valence electrons. The number of ether oxygens (including phenoxy) is 2. The summed E-state index contributed by atoms with van der Waals surface area (Å²) in [6, 6.07) is 6.38. The quantitative estimate of drug-likeness (QED) is 0.760. The first kappa shape index (κ1) is 21.3. The topological polar surface area (TPSA) is 59.0 Å². The van der Waals surface area contributed by atoms with E-state index in [0.29, 0.717) is 12.5 Å². The van der Waals surface area contributed by atoms with Crippen LogP contribution in [0, 0.1) is 5.92 Å². The van der Waals surface area contributed by atoms with Gasteiger partial charge in [-0.05, 0) is 50.8 Å². The second-order valence-electron chi connectivity index (χ2n) is 8.53. The lowest BCUT2D eigenvalue weighted by atomic mass is 9.74. The molecule has 0 bridgehead atoms. The zero-order valence-corrected chi connectivity index (χ0v) is 17.3. The summed E-state index contributed by atoms with van der Waals surface area (Å²) >= 11 is 0. The molecule has 1 aromatic carbocycles. The van der Waals surface area contributed by atoms with Crippen LogP contribution < -0.4 is 9.47 Å². The smallest absolute Gasteiger partial charge is 0.304 e. The second-order valence-corrected chi connectivity index (χ2v) is 8.53. The minimum absolute atomic E-state index is 0. The van der Waals surface area contributed by atoms with Crippen molar-refractivity contribution in [2.75, 3.05) is 32.8 Å². The number of piperidine rings is 1. The Balaban J connectivity index is 0.00000225. The van der Waals surface area contributed by atoms with Gasteiger partial charge in [-0.25, -0.2) is 0 Å². The number of rotatable bonds is 6. The molecule has 3 aliphatic rings. The number of carbonyl (C=O) groups is 1. The molecule has 0 unspecified atom stereocenters. The van der Waals surface area contributed by atoms with Gasteiger partial charge >= 0.3 is 5.97 Å². The summed E-state index contributed by atoms with van der Waals surface area (Å²) in [4.78, 5) is 13.0. The van der Waals surface area contributed by atoms with Crippen molar-refractivity contribution in [1.82, 2.24) is 4.90 Å². The van der Waals surface area contributed by atoms with Gasteiger partial charge in [-0.2, -0.15) is 0 Å². The van der Waals surface area contributed by atoms with Gasteiger partial charge in [-0.15, -0.1) is 12.4 Å². The summed E-state index contributed by atoms with van der Waals surface area (Å²) in [5, 5.41) is 8.87. The van der Waals surface area contributed by atoms with Crippen molar-refractivity contribution >= 4 is 18.4 Å². The van der Waals surface area contributed by atoms with Crippen LogP contribution in [0.25, 0.3) is 0 Å². The zero-order valence-electron chi connectivity index (χ0n) is 16.5. The SMILES string of the molecule is Cl.O=C(O)CCN1CCC2(CC1)COc1cc(OCC3CCCCC3)ccc12. The molecule has 0 amide bonds. The molecule has 5 nitrogen and oxygen atoms in total. The molecule has 0 aromatic heterocycles. The number of likely N-dealkylation sites (tertiary alicyclic amines) is 1. The van der Waals surface area contributed by atoms with Crippen molar-refractivity contribution < 1.29 is 19.4 Å². The van der Waals surface area contributed by atoms with E-state index >= 15 is 0 Å². The summed E-state index contributed by atoms with van der Waals surface area (Å²) in [5.74, 6) is 1.89. The Labute approximate surface area is 173 Å². The molecule has 28 heavy (non-hydrogen) atoms. The lowest BCUT2D eigenvalue weighted by Gasteiger charge is -2.38. The number of nitrogens with zero attached hydrogens (tertiary/aromatic N) is 1. The fourth-order valence-corrected chi connectivity index (χ4v) is 4.88. The molecular formula is C22H32ClNO4. The largest absolute Gasteiger partial charge is 0.493 e. The van der Waals surface area contributed by atoms with Crippen molar-refractivity contribution in [3.05, 3.63) is 23.8 Å². The molecule has 1 aromatic rings. The van der Waals surface area contributed by atoms with E-state index in [1.807, 2.05) is 0 Å². The van der Waals surface area contributed by atoms with Crippen LogP contribution in [0.2, 0.25) is 0 Å². The lowest BCUT2D eigenvalue weighted by Crippen LogP contribution is -2.44. The van der Waals surface area contributed by atoms with Crippen molar-refractivity contribution in [1.29, 1.82) is 0 Å². The number of aliphatic carboxylic acids is 1. The van der Waals surface area contributed by atoms with Gasteiger partial charge in [0.05, 0.1) is 19.6 Å². The van der Waals surface area contributed by atoms with Gasteiger partial charge in [-0.1, -0.05) is 25.3 Å². The van der Waals surface area contributed by atoms with Crippen molar-refractivity contribution in [2.24, 2.45) is 5.92 Å². The van der Waals surface area contributed by atoms with Gasteiger partial charge in [0.2, 0.25) is 0 Å². The van der Waals surface area contributed by atoms with Crippen molar-refractivity contribution in [3.63, 3.8) is 0 Å². The predicted octanol–water partition coefficient (Wildman–Crippen LogP) is 4.27. The van der Waals surface area contributed by atoms with Crippen LogP contribution in [0.5, 0.6) is 11.5 Å². The van der Waals surface area contributed by atoms with Crippen LogP contribution in [-0.2, 0) is 10.2 Å². The molecule has 1 saturated heterocycles. The summed E-state index contributed by atoms with van der Waals surface area (Å²) in [6.07, 6.45) is 8.93. The van der Waals surface area contributed by atoms with Gasteiger partial charge < -0.3 is 19.5 Å². The highest BCUT2D eigenvalue weighted by molar-refractivity contribution is 5.85. The minimum Gasteiger partial charge on any atom is -0.493 e. The summed E-state index contributed by atoms with van der Waals surface area (Å²) in [6.45, 7) is 4.09.